The third kappa shape index (κ3) is 7.12. The van der Waals surface area contributed by atoms with Crippen molar-refractivity contribution in [2.45, 2.75) is 32.8 Å². The normalized spacial score (nSPS) is 18.7. The van der Waals surface area contributed by atoms with Crippen LogP contribution in [0.2, 0.25) is 0 Å². The first kappa shape index (κ1) is 21.2. The number of sulfone groups is 1. The molecule has 1 unspecified atom stereocenters. The van der Waals surface area contributed by atoms with Crippen LogP contribution in [0.3, 0.4) is 0 Å². The molecule has 1 saturated heterocycles. The number of anilines is 1. The number of benzene rings is 1. The predicted octanol–water partition coefficient (Wildman–Crippen LogP) is 3.10. The van der Waals surface area contributed by atoms with Gasteiger partial charge in [-0.15, -0.1) is 0 Å². The number of guanidine groups is 1. The Hall–Kier alpha value is -2.48. The van der Waals surface area contributed by atoms with Crippen LogP contribution >= 0.6 is 0 Å². The van der Waals surface area contributed by atoms with Crippen molar-refractivity contribution in [3.8, 4) is 5.75 Å². The van der Waals surface area contributed by atoms with Crippen LogP contribution in [-0.2, 0) is 16.3 Å². The molecule has 29 heavy (non-hydrogen) atoms. The second-order valence-electron chi connectivity index (χ2n) is 7.53. The number of rotatable bonds is 8. The van der Waals surface area contributed by atoms with Crippen LogP contribution in [0, 0.1) is 5.92 Å². The SMILES string of the molecule is CC(C)Oc1ccc(NC(=NCC2CCS(=O)(=O)C2)NCCc2ccco2)cc1. The van der Waals surface area contributed by atoms with E-state index in [2.05, 4.69) is 15.6 Å². The summed E-state index contributed by atoms with van der Waals surface area (Å²) in [6, 6.07) is 11.5. The molecule has 1 aliphatic rings. The Morgan fingerprint density at radius 3 is 2.69 bits per heavy atom. The van der Waals surface area contributed by atoms with Crippen molar-refractivity contribution in [3.05, 3.63) is 48.4 Å². The molecule has 2 heterocycles. The zero-order valence-electron chi connectivity index (χ0n) is 16.9. The number of aliphatic imine (C=N–C) groups is 1. The van der Waals surface area contributed by atoms with Crippen LogP contribution in [0.4, 0.5) is 5.69 Å². The van der Waals surface area contributed by atoms with Crippen LogP contribution in [0.25, 0.3) is 0 Å². The molecule has 7 nitrogen and oxygen atoms in total. The summed E-state index contributed by atoms with van der Waals surface area (Å²) in [6.07, 6.45) is 3.18. The standard InChI is InChI=1S/C21H29N3O4S/c1-16(2)28-20-7-5-18(6-8-20)24-21(22-11-9-19-4-3-12-27-19)23-14-17-10-13-29(25,26)15-17/h3-8,12,16-17H,9-11,13-15H2,1-2H3,(H2,22,23,24). The van der Waals surface area contributed by atoms with Crippen molar-refractivity contribution < 1.29 is 17.6 Å². The Morgan fingerprint density at radius 2 is 2.07 bits per heavy atom. The maximum absolute atomic E-state index is 11.7. The fourth-order valence-electron chi connectivity index (χ4n) is 3.16. The van der Waals surface area contributed by atoms with Crippen molar-refractivity contribution >= 4 is 21.5 Å². The van der Waals surface area contributed by atoms with E-state index < -0.39 is 9.84 Å². The molecule has 0 spiro atoms. The zero-order valence-corrected chi connectivity index (χ0v) is 17.7. The predicted molar refractivity (Wildman–Crippen MR) is 115 cm³/mol. The van der Waals surface area contributed by atoms with E-state index in [-0.39, 0.29) is 23.5 Å². The molecule has 8 heteroatoms. The monoisotopic (exact) mass is 419 g/mol. The van der Waals surface area contributed by atoms with Gasteiger partial charge >= 0.3 is 0 Å². The third-order valence-corrected chi connectivity index (χ3v) is 6.40. The molecule has 1 fully saturated rings. The molecular formula is C21H29N3O4S. The first-order valence-corrected chi connectivity index (χ1v) is 11.8. The summed E-state index contributed by atoms with van der Waals surface area (Å²) >= 11 is 0. The van der Waals surface area contributed by atoms with Crippen molar-refractivity contribution in [1.82, 2.24) is 5.32 Å². The summed E-state index contributed by atoms with van der Waals surface area (Å²) in [5.74, 6) is 2.89. The van der Waals surface area contributed by atoms with E-state index in [0.29, 0.717) is 25.5 Å². The highest BCUT2D eigenvalue weighted by molar-refractivity contribution is 7.91. The van der Waals surface area contributed by atoms with Crippen molar-refractivity contribution in [3.63, 3.8) is 0 Å². The van der Waals surface area contributed by atoms with Crippen LogP contribution < -0.4 is 15.4 Å². The molecule has 0 radical (unpaired) electrons. The lowest BCUT2D eigenvalue weighted by Crippen LogP contribution is -2.33. The maximum atomic E-state index is 11.7. The first-order chi connectivity index (χ1) is 13.9. The van der Waals surface area contributed by atoms with Gasteiger partial charge in [0.1, 0.15) is 11.5 Å². The van der Waals surface area contributed by atoms with E-state index in [0.717, 1.165) is 23.6 Å². The maximum Gasteiger partial charge on any atom is 0.195 e. The van der Waals surface area contributed by atoms with Crippen LogP contribution in [-0.4, -0.2) is 45.1 Å². The topological polar surface area (TPSA) is 92.9 Å². The van der Waals surface area contributed by atoms with Gasteiger partial charge < -0.3 is 19.8 Å². The summed E-state index contributed by atoms with van der Waals surface area (Å²) in [5.41, 5.74) is 0.879. The molecule has 2 N–H and O–H groups in total. The number of ether oxygens (including phenoxy) is 1. The lowest BCUT2D eigenvalue weighted by molar-refractivity contribution is 0.242. The molecule has 2 aromatic rings. The molecule has 1 atom stereocenters. The quantitative estimate of drug-likeness (QED) is 0.505. The molecule has 1 aromatic carbocycles. The van der Waals surface area contributed by atoms with E-state index in [9.17, 15) is 8.42 Å². The summed E-state index contributed by atoms with van der Waals surface area (Å²) in [6.45, 7) is 5.10. The van der Waals surface area contributed by atoms with E-state index in [4.69, 9.17) is 9.15 Å². The third-order valence-electron chi connectivity index (χ3n) is 4.57. The molecule has 0 bridgehead atoms. The first-order valence-electron chi connectivity index (χ1n) is 9.94. The van der Waals surface area contributed by atoms with Crippen molar-refractivity contribution in [2.75, 3.05) is 29.9 Å². The van der Waals surface area contributed by atoms with Crippen molar-refractivity contribution in [1.29, 1.82) is 0 Å². The highest BCUT2D eigenvalue weighted by atomic mass is 32.2. The van der Waals surface area contributed by atoms with E-state index in [1.165, 1.54) is 0 Å². The number of nitrogens with zero attached hydrogens (tertiary/aromatic N) is 1. The summed E-state index contributed by atoms with van der Waals surface area (Å²) in [7, 11) is -2.90. The van der Waals surface area contributed by atoms with Crippen LogP contribution in [0.15, 0.2) is 52.1 Å². The second kappa shape index (κ2) is 9.82. The average molecular weight is 420 g/mol. The second-order valence-corrected chi connectivity index (χ2v) is 9.76. The van der Waals surface area contributed by atoms with Gasteiger partial charge in [0.05, 0.1) is 23.9 Å². The smallest absolute Gasteiger partial charge is 0.195 e. The Labute approximate surface area is 172 Å². The van der Waals surface area contributed by atoms with Gasteiger partial charge in [-0.3, -0.25) is 4.99 Å². The van der Waals surface area contributed by atoms with Gasteiger partial charge in [-0.2, -0.15) is 0 Å². The highest BCUT2D eigenvalue weighted by Gasteiger charge is 2.27. The van der Waals surface area contributed by atoms with Crippen molar-refractivity contribution in [2.24, 2.45) is 10.9 Å². The summed E-state index contributed by atoms with van der Waals surface area (Å²) < 4.78 is 34.4. The number of nitrogens with one attached hydrogen (secondary N) is 2. The molecule has 0 amide bonds. The van der Waals surface area contributed by atoms with Gasteiger partial charge in [-0.25, -0.2) is 8.42 Å². The van der Waals surface area contributed by atoms with Gasteiger partial charge in [0, 0.05) is 25.2 Å². The lowest BCUT2D eigenvalue weighted by Gasteiger charge is -2.14. The molecule has 1 aliphatic heterocycles. The summed E-state index contributed by atoms with van der Waals surface area (Å²) in [4.78, 5) is 4.62. The highest BCUT2D eigenvalue weighted by Crippen LogP contribution is 2.19. The minimum absolute atomic E-state index is 0.0745. The number of hydrogen-bond donors (Lipinski definition) is 2. The van der Waals surface area contributed by atoms with E-state index in [1.54, 1.807) is 6.26 Å². The Morgan fingerprint density at radius 1 is 1.28 bits per heavy atom. The van der Waals surface area contributed by atoms with Crippen LogP contribution in [0.5, 0.6) is 5.75 Å². The lowest BCUT2D eigenvalue weighted by atomic mass is 10.1. The molecule has 0 aliphatic carbocycles. The molecule has 158 valence electrons. The largest absolute Gasteiger partial charge is 0.491 e. The van der Waals surface area contributed by atoms with Crippen LogP contribution in [0.1, 0.15) is 26.0 Å². The number of furan rings is 1. The van der Waals surface area contributed by atoms with E-state index >= 15 is 0 Å². The zero-order chi connectivity index (χ0) is 20.7. The van der Waals surface area contributed by atoms with E-state index in [1.807, 2.05) is 50.2 Å². The molecule has 1 aromatic heterocycles. The summed E-state index contributed by atoms with van der Waals surface area (Å²) in [5, 5.41) is 6.58. The van der Waals surface area contributed by atoms with Gasteiger partial charge in [-0.05, 0) is 62.6 Å². The minimum Gasteiger partial charge on any atom is -0.491 e. The fourth-order valence-corrected chi connectivity index (χ4v) is 5.01. The average Bonchev–Trinajstić information content (AvgIpc) is 3.30. The Kier molecular flexibility index (Phi) is 7.19. The van der Waals surface area contributed by atoms with Gasteiger partial charge in [0.15, 0.2) is 15.8 Å². The van der Waals surface area contributed by atoms with Gasteiger partial charge in [0.2, 0.25) is 0 Å². The molecular weight excluding hydrogens is 390 g/mol. The molecule has 0 saturated carbocycles. The van der Waals surface area contributed by atoms with Gasteiger partial charge in [0.25, 0.3) is 0 Å². The molecule has 3 rings (SSSR count). The fraction of sp³-hybridized carbons (Fsp3) is 0.476. The number of hydrogen-bond acceptors (Lipinski definition) is 5. The Bertz CT molecular complexity index is 891. The van der Waals surface area contributed by atoms with Gasteiger partial charge in [-0.1, -0.05) is 0 Å². The minimum atomic E-state index is -2.90. The Balaban J connectivity index is 1.61.